The number of aromatic nitrogens is 2. The molecule has 21 heavy (non-hydrogen) atoms. The first kappa shape index (κ1) is 14.4. The first-order chi connectivity index (χ1) is 10.1. The smallest absolute Gasteiger partial charge is 0.240 e. The van der Waals surface area contributed by atoms with Crippen molar-refractivity contribution in [3.8, 4) is 0 Å². The summed E-state index contributed by atoms with van der Waals surface area (Å²) in [6, 6.07) is 0.210. The normalized spacial score (nSPS) is 26.6. The zero-order valence-electron chi connectivity index (χ0n) is 13.0. The zero-order chi connectivity index (χ0) is 15.0. The van der Waals surface area contributed by atoms with Gasteiger partial charge in [0.15, 0.2) is 5.82 Å². The Labute approximate surface area is 125 Å². The third-order valence-corrected chi connectivity index (χ3v) is 4.54. The van der Waals surface area contributed by atoms with E-state index < -0.39 is 5.41 Å². The summed E-state index contributed by atoms with van der Waals surface area (Å²) in [6.45, 7) is 6.84. The second kappa shape index (κ2) is 5.37. The SMILES string of the molecule is CCCCO[C@H]1C[C@@H](N2C(=O)C(C)(C)c3nccnc32)C1. The summed E-state index contributed by atoms with van der Waals surface area (Å²) >= 11 is 0. The lowest BCUT2D eigenvalue weighted by Gasteiger charge is -2.41. The predicted octanol–water partition coefficient (Wildman–Crippen LogP) is 2.45. The molecule has 0 unspecified atom stereocenters. The summed E-state index contributed by atoms with van der Waals surface area (Å²) in [5, 5.41) is 0. The van der Waals surface area contributed by atoms with Crippen LogP contribution >= 0.6 is 0 Å². The van der Waals surface area contributed by atoms with Crippen LogP contribution < -0.4 is 4.90 Å². The molecule has 3 rings (SSSR count). The third kappa shape index (κ3) is 2.33. The maximum Gasteiger partial charge on any atom is 0.240 e. The number of nitrogens with zero attached hydrogens (tertiary/aromatic N) is 3. The highest BCUT2D eigenvalue weighted by Gasteiger charge is 2.51. The van der Waals surface area contributed by atoms with E-state index >= 15 is 0 Å². The number of rotatable bonds is 5. The van der Waals surface area contributed by atoms with E-state index in [1.807, 2.05) is 18.7 Å². The predicted molar refractivity (Wildman–Crippen MR) is 80.2 cm³/mol. The fourth-order valence-electron chi connectivity index (χ4n) is 3.06. The van der Waals surface area contributed by atoms with Crippen molar-refractivity contribution in [3.05, 3.63) is 18.1 Å². The van der Waals surface area contributed by atoms with Gasteiger partial charge in [-0.15, -0.1) is 0 Å². The summed E-state index contributed by atoms with van der Waals surface area (Å²) in [7, 11) is 0. The van der Waals surface area contributed by atoms with Crippen LogP contribution in [0.25, 0.3) is 0 Å². The fourth-order valence-corrected chi connectivity index (χ4v) is 3.06. The van der Waals surface area contributed by atoms with Gasteiger partial charge in [0.05, 0.1) is 17.2 Å². The highest BCUT2D eigenvalue weighted by atomic mass is 16.5. The van der Waals surface area contributed by atoms with Crippen LogP contribution in [0.15, 0.2) is 12.4 Å². The van der Waals surface area contributed by atoms with Crippen LogP contribution in [0.2, 0.25) is 0 Å². The Bertz CT molecular complexity index is 538. The quantitative estimate of drug-likeness (QED) is 0.781. The Balaban J connectivity index is 1.69. The molecule has 1 aromatic rings. The molecular formula is C16H23N3O2. The van der Waals surface area contributed by atoms with E-state index in [2.05, 4.69) is 16.9 Å². The maximum atomic E-state index is 12.7. The van der Waals surface area contributed by atoms with E-state index in [-0.39, 0.29) is 18.1 Å². The maximum absolute atomic E-state index is 12.7. The van der Waals surface area contributed by atoms with Crippen molar-refractivity contribution < 1.29 is 9.53 Å². The second-order valence-corrected chi connectivity index (χ2v) is 6.50. The van der Waals surface area contributed by atoms with Crippen molar-refractivity contribution in [2.45, 2.75) is 64.0 Å². The van der Waals surface area contributed by atoms with Crippen LogP contribution in [0, 0.1) is 0 Å². The minimum atomic E-state index is -0.572. The molecule has 5 nitrogen and oxygen atoms in total. The second-order valence-electron chi connectivity index (χ2n) is 6.50. The lowest BCUT2D eigenvalue weighted by atomic mass is 9.86. The summed E-state index contributed by atoms with van der Waals surface area (Å²) in [5.41, 5.74) is 0.225. The fraction of sp³-hybridized carbons (Fsp3) is 0.688. The molecule has 5 heteroatoms. The molecule has 114 valence electrons. The molecule has 0 spiro atoms. The number of fused-ring (bicyclic) bond motifs is 1. The molecule has 1 saturated carbocycles. The Hall–Kier alpha value is -1.49. The minimum Gasteiger partial charge on any atom is -0.378 e. The molecule has 1 aromatic heterocycles. The van der Waals surface area contributed by atoms with Gasteiger partial charge in [-0.1, -0.05) is 13.3 Å². The topological polar surface area (TPSA) is 55.3 Å². The van der Waals surface area contributed by atoms with Gasteiger partial charge in [-0.3, -0.25) is 14.7 Å². The molecular weight excluding hydrogens is 266 g/mol. The molecule has 0 bridgehead atoms. The molecule has 0 aromatic carbocycles. The monoisotopic (exact) mass is 289 g/mol. The standard InChI is InChI=1S/C16H23N3O2/c1-4-5-8-21-12-9-11(10-12)19-14-13(17-6-7-18-14)16(2,3)15(19)20/h6-7,11-12H,4-5,8-10H2,1-3H3/t11-,12+. The Kier molecular flexibility index (Phi) is 3.69. The van der Waals surface area contributed by atoms with Gasteiger partial charge >= 0.3 is 0 Å². The van der Waals surface area contributed by atoms with E-state index in [9.17, 15) is 4.79 Å². The van der Waals surface area contributed by atoms with E-state index in [1.54, 1.807) is 12.4 Å². The molecule has 0 N–H and O–H groups in total. The number of hydrogen-bond acceptors (Lipinski definition) is 4. The highest BCUT2D eigenvalue weighted by molar-refractivity contribution is 6.06. The van der Waals surface area contributed by atoms with Gasteiger partial charge in [0.2, 0.25) is 5.91 Å². The molecule has 1 aliphatic heterocycles. The molecule has 1 fully saturated rings. The average molecular weight is 289 g/mol. The van der Waals surface area contributed by atoms with Gasteiger partial charge in [0.25, 0.3) is 0 Å². The number of carbonyl (C=O) groups excluding carboxylic acids is 1. The largest absolute Gasteiger partial charge is 0.378 e. The number of ether oxygens (including phenoxy) is 1. The van der Waals surface area contributed by atoms with Crippen molar-refractivity contribution in [1.82, 2.24) is 9.97 Å². The van der Waals surface area contributed by atoms with Gasteiger partial charge in [0, 0.05) is 25.0 Å². The van der Waals surface area contributed by atoms with Gasteiger partial charge in [-0.25, -0.2) is 4.98 Å². The molecule has 0 radical (unpaired) electrons. The molecule has 1 aliphatic carbocycles. The summed E-state index contributed by atoms with van der Waals surface area (Å²) in [4.78, 5) is 23.3. The van der Waals surface area contributed by atoms with Crippen molar-refractivity contribution >= 4 is 11.7 Å². The van der Waals surface area contributed by atoms with Gasteiger partial charge in [0.1, 0.15) is 0 Å². The molecule has 0 atom stereocenters. The third-order valence-electron chi connectivity index (χ3n) is 4.54. The van der Waals surface area contributed by atoms with Gasteiger partial charge < -0.3 is 4.74 Å². The Morgan fingerprint density at radius 3 is 2.76 bits per heavy atom. The average Bonchev–Trinajstić information content (AvgIpc) is 2.62. The summed E-state index contributed by atoms with van der Waals surface area (Å²) in [6.07, 6.45) is 7.67. The molecule has 1 amide bonds. The van der Waals surface area contributed by atoms with Crippen LogP contribution in [-0.2, 0) is 14.9 Å². The lowest BCUT2D eigenvalue weighted by molar-refractivity contribution is -0.123. The lowest BCUT2D eigenvalue weighted by Crippen LogP contribution is -2.52. The van der Waals surface area contributed by atoms with Crippen molar-refractivity contribution in [3.63, 3.8) is 0 Å². The molecule has 2 heterocycles. The van der Waals surface area contributed by atoms with Crippen LogP contribution in [0.3, 0.4) is 0 Å². The summed E-state index contributed by atoms with van der Waals surface area (Å²) < 4.78 is 5.81. The number of hydrogen-bond donors (Lipinski definition) is 0. The number of amides is 1. The number of unbranched alkanes of at least 4 members (excludes halogenated alkanes) is 1. The van der Waals surface area contributed by atoms with E-state index in [1.165, 1.54) is 0 Å². The van der Waals surface area contributed by atoms with E-state index in [0.717, 1.165) is 43.8 Å². The zero-order valence-corrected chi connectivity index (χ0v) is 13.0. The van der Waals surface area contributed by atoms with Gasteiger partial charge in [-0.05, 0) is 33.1 Å². The number of carbonyl (C=O) groups is 1. The van der Waals surface area contributed by atoms with Crippen molar-refractivity contribution in [1.29, 1.82) is 0 Å². The summed E-state index contributed by atoms with van der Waals surface area (Å²) in [5.74, 6) is 0.852. The first-order valence-corrected chi connectivity index (χ1v) is 7.82. The van der Waals surface area contributed by atoms with Crippen LogP contribution in [-0.4, -0.2) is 34.6 Å². The highest BCUT2D eigenvalue weighted by Crippen LogP contribution is 2.43. The Morgan fingerprint density at radius 1 is 1.33 bits per heavy atom. The van der Waals surface area contributed by atoms with Crippen LogP contribution in [0.1, 0.15) is 52.1 Å². The number of anilines is 1. The van der Waals surface area contributed by atoms with Crippen LogP contribution in [0.5, 0.6) is 0 Å². The first-order valence-electron chi connectivity index (χ1n) is 7.82. The molecule has 2 aliphatic rings. The Morgan fingerprint density at radius 2 is 2.05 bits per heavy atom. The minimum absolute atomic E-state index is 0.112. The van der Waals surface area contributed by atoms with Crippen molar-refractivity contribution in [2.75, 3.05) is 11.5 Å². The van der Waals surface area contributed by atoms with E-state index in [4.69, 9.17) is 4.74 Å². The van der Waals surface area contributed by atoms with E-state index in [0.29, 0.717) is 0 Å². The van der Waals surface area contributed by atoms with Crippen molar-refractivity contribution in [2.24, 2.45) is 0 Å². The van der Waals surface area contributed by atoms with Crippen LogP contribution in [0.4, 0.5) is 5.82 Å². The molecule has 0 saturated heterocycles. The van der Waals surface area contributed by atoms with Gasteiger partial charge in [-0.2, -0.15) is 0 Å².